The fourth-order valence-corrected chi connectivity index (χ4v) is 2.16. The number of nitrogens with one attached hydrogen (secondary N) is 1. The number of benzene rings is 1. The zero-order valence-corrected chi connectivity index (χ0v) is 11.7. The highest BCUT2D eigenvalue weighted by Gasteiger charge is 2.18. The highest BCUT2D eigenvalue weighted by Crippen LogP contribution is 2.19. The zero-order valence-electron chi connectivity index (χ0n) is 11.7. The van der Waals surface area contributed by atoms with Gasteiger partial charge in [0, 0.05) is 29.7 Å². The van der Waals surface area contributed by atoms with Crippen molar-refractivity contribution in [3.63, 3.8) is 0 Å². The van der Waals surface area contributed by atoms with E-state index in [9.17, 15) is 4.79 Å². The van der Waals surface area contributed by atoms with Gasteiger partial charge in [-0.1, -0.05) is 0 Å². The summed E-state index contributed by atoms with van der Waals surface area (Å²) >= 11 is 0. The number of carbonyl (C=O) groups excluding carboxylic acids is 1. The summed E-state index contributed by atoms with van der Waals surface area (Å²) in [6, 6.07) is 9.43. The van der Waals surface area contributed by atoms with Gasteiger partial charge in [-0.15, -0.1) is 0 Å². The number of fused-ring (bicyclic) bond motifs is 1. The fraction of sp³-hybridized carbons (Fsp3) is 0.333. The zero-order chi connectivity index (χ0) is 14.7. The molecule has 0 bridgehead atoms. The van der Waals surface area contributed by atoms with E-state index in [1.807, 2.05) is 26.0 Å². The standard InChI is InChI=1S/C15H18N4O/c1-3-19(9-10(2)8-16)15(20)14-7-11-6-12(17)4-5-13(11)18-14/h4-7,10,18H,3,9,17H2,1-2H3. The van der Waals surface area contributed by atoms with Gasteiger partial charge in [-0.25, -0.2) is 0 Å². The number of hydrogen-bond acceptors (Lipinski definition) is 3. The second-order valence-electron chi connectivity index (χ2n) is 4.90. The lowest BCUT2D eigenvalue weighted by atomic mass is 10.2. The van der Waals surface area contributed by atoms with E-state index in [1.54, 1.807) is 17.0 Å². The van der Waals surface area contributed by atoms with Gasteiger partial charge >= 0.3 is 0 Å². The molecule has 1 atom stereocenters. The van der Waals surface area contributed by atoms with Crippen LogP contribution in [0.2, 0.25) is 0 Å². The van der Waals surface area contributed by atoms with Gasteiger partial charge in [-0.3, -0.25) is 4.79 Å². The molecule has 5 heteroatoms. The quantitative estimate of drug-likeness (QED) is 0.836. The van der Waals surface area contributed by atoms with Crippen LogP contribution in [-0.4, -0.2) is 28.9 Å². The van der Waals surface area contributed by atoms with E-state index < -0.39 is 0 Å². The molecule has 1 aromatic heterocycles. The highest BCUT2D eigenvalue weighted by atomic mass is 16.2. The molecule has 0 aliphatic rings. The first-order valence-corrected chi connectivity index (χ1v) is 6.62. The van der Waals surface area contributed by atoms with Gasteiger partial charge in [0.25, 0.3) is 5.91 Å². The third-order valence-electron chi connectivity index (χ3n) is 3.26. The molecular weight excluding hydrogens is 252 g/mol. The smallest absolute Gasteiger partial charge is 0.270 e. The maximum absolute atomic E-state index is 12.4. The van der Waals surface area contributed by atoms with E-state index in [4.69, 9.17) is 11.0 Å². The summed E-state index contributed by atoms with van der Waals surface area (Å²) in [6.07, 6.45) is 0. The van der Waals surface area contributed by atoms with Gasteiger partial charge < -0.3 is 15.6 Å². The van der Waals surface area contributed by atoms with Crippen molar-refractivity contribution in [2.75, 3.05) is 18.8 Å². The number of nitrogens with two attached hydrogens (primary N) is 1. The molecular formula is C15H18N4O. The van der Waals surface area contributed by atoms with Crippen LogP contribution in [-0.2, 0) is 0 Å². The molecule has 0 aliphatic carbocycles. The molecule has 0 spiro atoms. The van der Waals surface area contributed by atoms with Gasteiger partial charge in [0.2, 0.25) is 0 Å². The summed E-state index contributed by atoms with van der Waals surface area (Å²) in [5.74, 6) is -0.275. The van der Waals surface area contributed by atoms with E-state index in [0.717, 1.165) is 10.9 Å². The lowest BCUT2D eigenvalue weighted by Crippen LogP contribution is -2.34. The van der Waals surface area contributed by atoms with Crippen molar-refractivity contribution in [2.45, 2.75) is 13.8 Å². The Balaban J connectivity index is 2.27. The Bertz CT molecular complexity index is 668. The van der Waals surface area contributed by atoms with Crippen molar-refractivity contribution < 1.29 is 4.79 Å². The number of aromatic nitrogens is 1. The van der Waals surface area contributed by atoms with Crippen molar-refractivity contribution in [3.05, 3.63) is 30.0 Å². The number of anilines is 1. The molecule has 20 heavy (non-hydrogen) atoms. The molecule has 1 heterocycles. The number of hydrogen-bond donors (Lipinski definition) is 2. The van der Waals surface area contributed by atoms with Gasteiger partial charge in [0.05, 0.1) is 12.0 Å². The van der Waals surface area contributed by atoms with Crippen LogP contribution in [0.4, 0.5) is 5.69 Å². The summed E-state index contributed by atoms with van der Waals surface area (Å²) in [7, 11) is 0. The summed E-state index contributed by atoms with van der Waals surface area (Å²) in [5, 5.41) is 9.78. The number of carbonyl (C=O) groups is 1. The molecule has 1 amide bonds. The Morgan fingerprint density at radius 3 is 2.90 bits per heavy atom. The second-order valence-corrected chi connectivity index (χ2v) is 4.90. The first kappa shape index (κ1) is 13.9. The van der Waals surface area contributed by atoms with E-state index in [1.165, 1.54) is 0 Å². The van der Waals surface area contributed by atoms with Gasteiger partial charge in [0.1, 0.15) is 5.69 Å². The average molecular weight is 270 g/mol. The van der Waals surface area contributed by atoms with Crippen LogP contribution in [0.15, 0.2) is 24.3 Å². The molecule has 2 rings (SSSR count). The molecule has 3 N–H and O–H groups in total. The predicted octanol–water partition coefficient (Wildman–Crippen LogP) is 2.37. The van der Waals surface area contributed by atoms with Crippen LogP contribution in [0.25, 0.3) is 10.9 Å². The molecule has 5 nitrogen and oxygen atoms in total. The van der Waals surface area contributed by atoms with E-state index in [0.29, 0.717) is 24.5 Å². The molecule has 1 unspecified atom stereocenters. The summed E-state index contributed by atoms with van der Waals surface area (Å²) in [4.78, 5) is 17.2. The lowest BCUT2D eigenvalue weighted by Gasteiger charge is -2.21. The Morgan fingerprint density at radius 1 is 1.50 bits per heavy atom. The molecule has 0 saturated carbocycles. The number of nitrogen functional groups attached to an aromatic ring is 1. The molecule has 0 radical (unpaired) electrons. The third-order valence-corrected chi connectivity index (χ3v) is 3.26. The number of nitriles is 1. The molecule has 0 saturated heterocycles. The summed E-state index contributed by atoms with van der Waals surface area (Å²) in [6.45, 7) is 4.72. The fourth-order valence-electron chi connectivity index (χ4n) is 2.16. The Hall–Kier alpha value is -2.48. The van der Waals surface area contributed by atoms with Gasteiger partial charge in [0.15, 0.2) is 0 Å². The van der Waals surface area contributed by atoms with E-state index in [-0.39, 0.29) is 11.8 Å². The minimum Gasteiger partial charge on any atom is -0.399 e. The van der Waals surface area contributed by atoms with Crippen molar-refractivity contribution >= 4 is 22.5 Å². The van der Waals surface area contributed by atoms with Gasteiger partial charge in [-0.05, 0) is 38.1 Å². The largest absolute Gasteiger partial charge is 0.399 e. The third kappa shape index (κ3) is 2.75. The summed E-state index contributed by atoms with van der Waals surface area (Å²) in [5.41, 5.74) is 7.81. The molecule has 2 aromatic rings. The van der Waals surface area contributed by atoms with E-state index in [2.05, 4.69) is 11.1 Å². The maximum atomic E-state index is 12.4. The van der Waals surface area contributed by atoms with Crippen molar-refractivity contribution in [2.24, 2.45) is 5.92 Å². The number of H-pyrrole nitrogens is 1. The van der Waals surface area contributed by atoms with Crippen molar-refractivity contribution in [1.82, 2.24) is 9.88 Å². The number of rotatable bonds is 4. The normalized spacial score (nSPS) is 12.1. The number of aromatic amines is 1. The lowest BCUT2D eigenvalue weighted by molar-refractivity contribution is 0.0748. The monoisotopic (exact) mass is 270 g/mol. The summed E-state index contributed by atoms with van der Waals surface area (Å²) < 4.78 is 0. The SMILES string of the molecule is CCN(CC(C)C#N)C(=O)c1cc2cc(N)ccc2[nH]1. The van der Waals surface area contributed by atoms with Crippen LogP contribution in [0.1, 0.15) is 24.3 Å². The first-order valence-electron chi connectivity index (χ1n) is 6.62. The highest BCUT2D eigenvalue weighted by molar-refractivity contribution is 5.98. The minimum absolute atomic E-state index is 0.0932. The molecule has 0 fully saturated rings. The van der Waals surface area contributed by atoms with Crippen LogP contribution in [0.5, 0.6) is 0 Å². The van der Waals surface area contributed by atoms with E-state index >= 15 is 0 Å². The number of nitrogens with zero attached hydrogens (tertiary/aromatic N) is 2. The second kappa shape index (κ2) is 5.66. The Labute approximate surface area is 118 Å². The number of amides is 1. The molecule has 104 valence electrons. The minimum atomic E-state index is -0.182. The van der Waals surface area contributed by atoms with Crippen molar-refractivity contribution in [1.29, 1.82) is 5.26 Å². The van der Waals surface area contributed by atoms with Crippen LogP contribution < -0.4 is 5.73 Å². The van der Waals surface area contributed by atoms with Crippen LogP contribution in [0, 0.1) is 17.2 Å². The molecule has 1 aromatic carbocycles. The Kier molecular flexibility index (Phi) is 3.94. The average Bonchev–Trinajstić information content (AvgIpc) is 2.86. The first-order chi connectivity index (χ1) is 9.55. The Morgan fingerprint density at radius 2 is 2.25 bits per heavy atom. The predicted molar refractivity (Wildman–Crippen MR) is 79.1 cm³/mol. The van der Waals surface area contributed by atoms with Gasteiger partial charge in [-0.2, -0.15) is 5.26 Å². The molecule has 0 aliphatic heterocycles. The van der Waals surface area contributed by atoms with Crippen LogP contribution in [0.3, 0.4) is 0 Å². The topological polar surface area (TPSA) is 85.9 Å². The van der Waals surface area contributed by atoms with Crippen LogP contribution >= 0.6 is 0 Å². The maximum Gasteiger partial charge on any atom is 0.270 e. The van der Waals surface area contributed by atoms with Crippen molar-refractivity contribution in [3.8, 4) is 6.07 Å².